The van der Waals surface area contributed by atoms with Gasteiger partial charge in [0, 0.05) is 6.54 Å². The van der Waals surface area contributed by atoms with Gasteiger partial charge in [-0.2, -0.15) is 0 Å². The summed E-state index contributed by atoms with van der Waals surface area (Å²) in [5.41, 5.74) is 10.2. The molecule has 6 heteroatoms. The molecule has 3 aliphatic rings. The first kappa shape index (κ1) is 44.9. The van der Waals surface area contributed by atoms with Crippen LogP contribution in [0.15, 0.2) is 174 Å². The third kappa shape index (κ3) is 8.51. The molecule has 64 heavy (non-hydrogen) atoms. The fourth-order valence-corrected chi connectivity index (χ4v) is 15.4. The van der Waals surface area contributed by atoms with Crippen molar-refractivity contribution in [2.45, 2.75) is 60.8 Å². The summed E-state index contributed by atoms with van der Waals surface area (Å²) < 4.78 is 3.88. The number of nitrogens with zero attached hydrogens (tertiary/aromatic N) is 2. The van der Waals surface area contributed by atoms with E-state index in [1.165, 1.54) is 32.4 Å². The van der Waals surface area contributed by atoms with E-state index in [1.54, 1.807) is 17.9 Å². The van der Waals surface area contributed by atoms with Crippen molar-refractivity contribution in [3.8, 4) is 4.37 Å². The molecular weight excluding hydrogens is 978 g/mol. The maximum absolute atomic E-state index is 14.9. The molecule has 0 radical (unpaired) electrons. The van der Waals surface area contributed by atoms with Crippen LogP contribution in [0.25, 0.3) is 23.3 Å². The quantitative estimate of drug-likeness (QED) is 0.0710. The number of fused-ring (bicyclic) bond motifs is 2. The van der Waals surface area contributed by atoms with Crippen LogP contribution in [0.4, 0.5) is 11.4 Å². The molecule has 0 atom stereocenters. The third-order valence-electron chi connectivity index (χ3n) is 12.3. The number of rotatable bonds is 12. The Bertz CT molecular complexity index is 2720. The predicted octanol–water partition coefficient (Wildman–Crippen LogP) is 12.5. The Morgan fingerprint density at radius 3 is 1.52 bits per heavy atom. The van der Waals surface area contributed by atoms with Crippen LogP contribution in [0.5, 0.6) is 0 Å². The van der Waals surface area contributed by atoms with Crippen LogP contribution < -0.4 is 25.7 Å². The van der Waals surface area contributed by atoms with Crippen LogP contribution >= 0.6 is 7.26 Å². The number of carbonyl (C=O) groups is 2. The van der Waals surface area contributed by atoms with E-state index < -0.39 is 7.26 Å². The van der Waals surface area contributed by atoms with Crippen LogP contribution in [0.2, 0.25) is 0 Å². The van der Waals surface area contributed by atoms with Gasteiger partial charge in [-0.3, -0.25) is 4.79 Å². The van der Waals surface area contributed by atoms with Gasteiger partial charge in [0.2, 0.25) is 0 Å². The Labute approximate surface area is 390 Å². The molecule has 323 valence electrons. The zero-order chi connectivity index (χ0) is 45.0. The molecule has 2 heterocycles. The molecule has 4 nitrogen and oxygen atoms in total. The van der Waals surface area contributed by atoms with Gasteiger partial charge in [0.1, 0.15) is 0 Å². The number of carbonyl (C=O) groups excluding carboxylic acids is 2. The zero-order valence-electron chi connectivity index (χ0n) is 37.8. The van der Waals surface area contributed by atoms with Gasteiger partial charge < -0.3 is 4.90 Å². The van der Waals surface area contributed by atoms with Gasteiger partial charge in [-0.15, -0.1) is 0 Å². The molecule has 0 spiro atoms. The van der Waals surface area contributed by atoms with Crippen molar-refractivity contribution >= 4 is 69.7 Å². The van der Waals surface area contributed by atoms with Gasteiger partial charge in [0.15, 0.2) is 0 Å². The Kier molecular flexibility index (Phi) is 13.8. The fraction of sp³-hybridized carbons (Fsp3) is 0.224. The molecule has 0 N–H and O–H groups in total. The summed E-state index contributed by atoms with van der Waals surface area (Å²) >= 11 is 1.81. The van der Waals surface area contributed by atoms with E-state index in [2.05, 4.69) is 185 Å². The molecule has 2 aliphatic heterocycles. The summed E-state index contributed by atoms with van der Waals surface area (Å²) in [5, 5.41) is 5.01. The molecule has 0 saturated heterocycles. The van der Waals surface area contributed by atoms with Crippen LogP contribution in [0, 0.1) is 16.2 Å². The molecule has 0 bridgehead atoms. The number of hydrogen-bond acceptors (Lipinski definition) is 2. The first-order chi connectivity index (χ1) is 31.1. The topological polar surface area (TPSA) is 40.6 Å². The van der Waals surface area contributed by atoms with E-state index >= 15 is 0 Å². The van der Waals surface area contributed by atoms with Crippen molar-refractivity contribution in [1.82, 2.24) is 0 Å². The Morgan fingerprint density at radius 2 is 1.09 bits per heavy atom. The number of benzene rings is 5. The molecule has 5 aromatic rings. The van der Waals surface area contributed by atoms with Gasteiger partial charge in [-0.25, -0.2) is 0 Å². The van der Waals surface area contributed by atoms with Gasteiger partial charge >= 0.3 is 309 Å². The minimum atomic E-state index is -2.49. The van der Waals surface area contributed by atoms with E-state index in [0.717, 1.165) is 58.5 Å². The molecule has 5 aromatic carbocycles. The SMILES string of the molecule is CC=C1CCCC1=CC(/C=C/c1ccc2c(c1)N(CC(C)C)C(=O)/C2=C1/C(=O)N(CC(C)C)c2cc(/C=C/C)ccc21)=C([C]#[Os])[P+](c1ccccc1)(c1ccccc1)c1ccccc1. The predicted molar refractivity (Wildman–Crippen MR) is 270 cm³/mol. The Hall–Kier alpha value is -5.67. The van der Waals surface area contributed by atoms with Gasteiger partial charge in [0.05, 0.1) is 5.69 Å². The van der Waals surface area contributed by atoms with Crippen LogP contribution in [0.3, 0.4) is 0 Å². The maximum atomic E-state index is 14.9. The van der Waals surface area contributed by atoms with Crippen LogP contribution in [-0.4, -0.2) is 24.9 Å². The third-order valence-corrected chi connectivity index (χ3v) is 17.7. The molecule has 8 rings (SSSR count). The summed E-state index contributed by atoms with van der Waals surface area (Å²) in [7, 11) is -2.49. The molecule has 0 aromatic heterocycles. The van der Waals surface area contributed by atoms with E-state index in [0.29, 0.717) is 24.2 Å². The van der Waals surface area contributed by atoms with Crippen LogP contribution in [-0.2, 0) is 27.5 Å². The zero-order valence-corrected chi connectivity index (χ0v) is 41.2. The number of hydrogen-bond donors (Lipinski definition) is 0. The number of anilines is 2. The van der Waals surface area contributed by atoms with E-state index in [9.17, 15) is 9.59 Å². The van der Waals surface area contributed by atoms with Crippen molar-refractivity contribution in [2.24, 2.45) is 11.8 Å². The molecule has 1 saturated carbocycles. The second-order valence-electron chi connectivity index (χ2n) is 17.7. The summed E-state index contributed by atoms with van der Waals surface area (Å²) in [6, 6.07) is 45.5. The minimum absolute atomic E-state index is 0.108. The number of allylic oxidation sites excluding steroid dienone is 8. The molecular formula is C58H57N2O2OsP+. The fourth-order valence-electron chi connectivity index (χ4n) is 9.61. The first-order valence-corrected chi connectivity index (χ1v) is 25.7. The van der Waals surface area contributed by atoms with E-state index in [-0.39, 0.29) is 23.7 Å². The van der Waals surface area contributed by atoms with Crippen molar-refractivity contribution in [3.05, 3.63) is 196 Å². The summed E-state index contributed by atoms with van der Waals surface area (Å²) in [6.45, 7) is 13.8. The molecule has 1 aliphatic carbocycles. The first-order valence-electron chi connectivity index (χ1n) is 22.6. The molecule has 0 unspecified atom stereocenters. The van der Waals surface area contributed by atoms with Gasteiger partial charge in [-0.05, 0) is 24.5 Å². The average Bonchev–Trinajstić information content (AvgIpc) is 3.95. The van der Waals surface area contributed by atoms with Crippen molar-refractivity contribution in [1.29, 1.82) is 0 Å². The molecule has 1 fully saturated rings. The molecule has 2 amide bonds. The Balaban J connectivity index is 1.34. The van der Waals surface area contributed by atoms with E-state index in [4.69, 9.17) is 0 Å². The van der Waals surface area contributed by atoms with Crippen molar-refractivity contribution in [3.63, 3.8) is 0 Å². The Morgan fingerprint density at radius 1 is 0.641 bits per heavy atom. The monoisotopic (exact) mass is 1040 g/mol. The van der Waals surface area contributed by atoms with Crippen LogP contribution in [0.1, 0.15) is 83.1 Å². The summed E-state index contributed by atoms with van der Waals surface area (Å²) in [6.07, 6.45) is 16.5. The standard InChI is InChI=1S/C58H57N2O2P.Os/c1-8-20-43-30-33-51-53(35-43)59(38-40(3)4)57(61)55(51)56-52-34-31-44(36-54(52)60(58(56)62)39-41(5)6)29-32-46(37-47-22-19-21-45(47)9-2)42(7)63(48-23-13-10-14-24-48,49-25-15-11-16-26-49)50-27-17-12-18-28-50;/h8-18,20,23-37,40-41H,19,21-22,38-39H2,1-6H3;/q+1;/b20-8+,32-29+,45-9?,46-42?,47-37?,56-55+;. The van der Waals surface area contributed by atoms with Gasteiger partial charge in [-0.1, -0.05) is 38.1 Å². The van der Waals surface area contributed by atoms with Gasteiger partial charge in [0.25, 0.3) is 0 Å². The van der Waals surface area contributed by atoms with Crippen molar-refractivity contribution < 1.29 is 27.5 Å². The second-order valence-corrected chi connectivity index (χ2v) is 21.6. The normalized spacial score (nSPS) is 18.1. The number of amides is 2. The summed E-state index contributed by atoms with van der Waals surface area (Å²) in [4.78, 5) is 33.2. The summed E-state index contributed by atoms with van der Waals surface area (Å²) in [5.74, 6) is 0.242. The van der Waals surface area contributed by atoms with Crippen molar-refractivity contribution in [2.75, 3.05) is 22.9 Å². The van der Waals surface area contributed by atoms with E-state index in [1.807, 2.05) is 34.9 Å². The second kappa shape index (κ2) is 19.6. The average molecular weight is 1040 g/mol.